The highest BCUT2D eigenvalue weighted by molar-refractivity contribution is 5.96. The summed E-state index contributed by atoms with van der Waals surface area (Å²) in [4.78, 5) is 0. The normalized spacial score (nSPS) is 15.6. The summed E-state index contributed by atoms with van der Waals surface area (Å²) in [6, 6.07) is 6.78. The molecule has 0 aliphatic heterocycles. The van der Waals surface area contributed by atoms with Crippen molar-refractivity contribution in [1.82, 2.24) is 4.57 Å². The van der Waals surface area contributed by atoms with Gasteiger partial charge in [-0.05, 0) is 59.9 Å². The standard InChI is InChI=1S/C24H21N/c1-4-17(2)18-10-13-21-22-16-20(19-8-6-5-7-9-19)12-15-24(22)25(3)23(21)14-11-18/h4-6,8,11-16H,1-2,7,9H2,3H3. The Bertz CT molecular complexity index is 1060. The quantitative estimate of drug-likeness (QED) is 0.467. The summed E-state index contributed by atoms with van der Waals surface area (Å²) < 4.78 is 2.25. The van der Waals surface area contributed by atoms with Crippen molar-refractivity contribution < 1.29 is 0 Å². The van der Waals surface area contributed by atoms with Crippen molar-refractivity contribution in [1.29, 1.82) is 0 Å². The number of benzene rings is 1. The van der Waals surface area contributed by atoms with E-state index in [4.69, 9.17) is 0 Å². The van der Waals surface area contributed by atoms with Crippen molar-refractivity contribution in [3.8, 4) is 0 Å². The third kappa shape index (κ3) is 2.59. The summed E-state index contributed by atoms with van der Waals surface area (Å²) in [6.45, 7) is 7.85. The largest absolute Gasteiger partial charge is 0.344 e. The number of fused-ring (bicyclic) bond motifs is 3. The van der Waals surface area contributed by atoms with E-state index in [1.165, 1.54) is 33.3 Å². The van der Waals surface area contributed by atoms with Crippen molar-refractivity contribution in [2.24, 2.45) is 7.05 Å². The van der Waals surface area contributed by atoms with Crippen molar-refractivity contribution in [2.45, 2.75) is 12.8 Å². The summed E-state index contributed by atoms with van der Waals surface area (Å²) in [5, 5.41) is 1.27. The van der Waals surface area contributed by atoms with Gasteiger partial charge in [-0.1, -0.05) is 43.5 Å². The van der Waals surface area contributed by atoms with Gasteiger partial charge < -0.3 is 4.57 Å². The zero-order valence-electron chi connectivity index (χ0n) is 14.5. The first-order valence-corrected chi connectivity index (χ1v) is 8.64. The monoisotopic (exact) mass is 323 g/mol. The van der Waals surface area contributed by atoms with Crippen LogP contribution >= 0.6 is 0 Å². The lowest BCUT2D eigenvalue weighted by Gasteiger charge is -2.09. The molecule has 0 saturated carbocycles. The summed E-state index contributed by atoms with van der Waals surface area (Å²) in [6.07, 6.45) is 16.9. The maximum atomic E-state index is 4.04. The second kappa shape index (κ2) is 6.12. The maximum Gasteiger partial charge on any atom is 0.0495 e. The Balaban J connectivity index is 1.92. The summed E-state index contributed by atoms with van der Waals surface area (Å²) in [7, 11) is 2.12. The minimum atomic E-state index is 0.893. The van der Waals surface area contributed by atoms with E-state index in [1.54, 1.807) is 6.08 Å². The van der Waals surface area contributed by atoms with Crippen LogP contribution in [-0.2, 0) is 7.05 Å². The lowest BCUT2D eigenvalue weighted by atomic mass is 9.96. The molecule has 2 aromatic rings. The summed E-state index contributed by atoms with van der Waals surface area (Å²) in [5.74, 6) is 0. The molecule has 1 heterocycles. The van der Waals surface area contributed by atoms with Crippen LogP contribution in [-0.4, -0.2) is 4.57 Å². The fraction of sp³-hybridized carbons (Fsp3) is 0.125. The SMILES string of the molecule is C=CC(=C)C1=C=Cc2c(n(C)c3ccc(C4=CC=CCC4)cc23)C=C1. The highest BCUT2D eigenvalue weighted by Crippen LogP contribution is 2.33. The highest BCUT2D eigenvalue weighted by Gasteiger charge is 2.14. The van der Waals surface area contributed by atoms with Crippen LogP contribution in [0.5, 0.6) is 0 Å². The Morgan fingerprint density at radius 3 is 2.92 bits per heavy atom. The van der Waals surface area contributed by atoms with Gasteiger partial charge in [0.1, 0.15) is 0 Å². The minimum absolute atomic E-state index is 0.893. The second-order valence-corrected chi connectivity index (χ2v) is 6.51. The topological polar surface area (TPSA) is 4.93 Å². The van der Waals surface area contributed by atoms with Gasteiger partial charge in [0.2, 0.25) is 0 Å². The zero-order valence-corrected chi connectivity index (χ0v) is 14.5. The molecule has 0 N–H and O–H groups in total. The molecule has 1 aromatic heterocycles. The van der Waals surface area contributed by atoms with E-state index in [9.17, 15) is 0 Å². The lowest BCUT2D eigenvalue weighted by Crippen LogP contribution is -1.91. The van der Waals surface area contributed by atoms with Crippen LogP contribution in [0.3, 0.4) is 0 Å². The summed E-state index contributed by atoms with van der Waals surface area (Å²) in [5.41, 5.74) is 11.6. The Kier molecular flexibility index (Phi) is 3.80. The van der Waals surface area contributed by atoms with Crippen LogP contribution in [0.1, 0.15) is 29.7 Å². The van der Waals surface area contributed by atoms with Gasteiger partial charge in [0, 0.05) is 34.8 Å². The van der Waals surface area contributed by atoms with Crippen molar-refractivity contribution in [3.63, 3.8) is 0 Å². The van der Waals surface area contributed by atoms with E-state index in [-0.39, 0.29) is 0 Å². The third-order valence-corrected chi connectivity index (χ3v) is 5.04. The van der Waals surface area contributed by atoms with E-state index in [2.05, 4.69) is 85.2 Å². The molecule has 0 bridgehead atoms. The van der Waals surface area contributed by atoms with Crippen LogP contribution in [0.15, 0.2) is 78.6 Å². The van der Waals surface area contributed by atoms with E-state index in [0.29, 0.717) is 0 Å². The molecule has 1 nitrogen and oxygen atoms in total. The zero-order chi connectivity index (χ0) is 17.4. The molecule has 1 aromatic carbocycles. The summed E-state index contributed by atoms with van der Waals surface area (Å²) >= 11 is 0. The molecule has 0 fully saturated rings. The Labute approximate surface area is 149 Å². The molecular formula is C24H21N. The third-order valence-electron chi connectivity index (χ3n) is 5.04. The molecule has 0 unspecified atom stereocenters. The molecule has 0 atom stereocenters. The Hall–Kier alpha value is -3.02. The van der Waals surface area contributed by atoms with Crippen LogP contribution in [0, 0.1) is 0 Å². The van der Waals surface area contributed by atoms with E-state index >= 15 is 0 Å². The number of hydrogen-bond acceptors (Lipinski definition) is 0. The predicted octanol–water partition coefficient (Wildman–Crippen LogP) is 6.22. The number of aromatic nitrogens is 1. The van der Waals surface area contributed by atoms with Crippen LogP contribution in [0.2, 0.25) is 0 Å². The van der Waals surface area contributed by atoms with Gasteiger partial charge in [0.15, 0.2) is 0 Å². The smallest absolute Gasteiger partial charge is 0.0495 e. The molecule has 2 aliphatic rings. The number of rotatable bonds is 3. The molecule has 0 spiro atoms. The first-order valence-electron chi connectivity index (χ1n) is 8.64. The van der Waals surface area contributed by atoms with Gasteiger partial charge in [-0.2, -0.15) is 0 Å². The minimum Gasteiger partial charge on any atom is -0.344 e. The van der Waals surface area contributed by atoms with Crippen LogP contribution in [0.25, 0.3) is 28.6 Å². The number of nitrogens with zero attached hydrogens (tertiary/aromatic N) is 1. The maximum absolute atomic E-state index is 4.04. The average molecular weight is 323 g/mol. The average Bonchev–Trinajstić information content (AvgIpc) is 2.81. The van der Waals surface area contributed by atoms with E-state index in [1.807, 2.05) is 0 Å². The fourth-order valence-corrected chi connectivity index (χ4v) is 3.56. The predicted molar refractivity (Wildman–Crippen MR) is 109 cm³/mol. The molecule has 4 rings (SSSR count). The van der Waals surface area contributed by atoms with E-state index in [0.717, 1.165) is 24.0 Å². The first kappa shape index (κ1) is 15.5. The van der Waals surface area contributed by atoms with Crippen LogP contribution in [0.4, 0.5) is 0 Å². The molecule has 0 amide bonds. The number of allylic oxidation sites excluding steroid dienone is 8. The fourth-order valence-electron chi connectivity index (χ4n) is 3.56. The molecule has 122 valence electrons. The molecule has 0 saturated heterocycles. The molecule has 1 heteroatoms. The number of aryl methyl sites for hydroxylation is 1. The van der Waals surface area contributed by atoms with Gasteiger partial charge in [-0.15, -0.1) is 5.73 Å². The lowest BCUT2D eigenvalue weighted by molar-refractivity contribution is 0.953. The van der Waals surface area contributed by atoms with Gasteiger partial charge >= 0.3 is 0 Å². The van der Waals surface area contributed by atoms with Gasteiger partial charge in [-0.25, -0.2) is 0 Å². The van der Waals surface area contributed by atoms with Gasteiger partial charge in [0.05, 0.1) is 0 Å². The first-order chi connectivity index (χ1) is 12.2. The van der Waals surface area contributed by atoms with Crippen molar-refractivity contribution >= 4 is 28.6 Å². The molecule has 25 heavy (non-hydrogen) atoms. The highest BCUT2D eigenvalue weighted by atomic mass is 14.9. The van der Waals surface area contributed by atoms with Crippen molar-refractivity contribution in [3.05, 3.63) is 95.4 Å². The Morgan fingerprint density at radius 2 is 2.16 bits per heavy atom. The van der Waals surface area contributed by atoms with E-state index < -0.39 is 0 Å². The van der Waals surface area contributed by atoms with Gasteiger partial charge in [0.25, 0.3) is 0 Å². The molecule has 0 radical (unpaired) electrons. The second-order valence-electron chi connectivity index (χ2n) is 6.51. The number of hydrogen-bond donors (Lipinski definition) is 0. The van der Waals surface area contributed by atoms with Gasteiger partial charge in [-0.3, -0.25) is 0 Å². The van der Waals surface area contributed by atoms with Crippen molar-refractivity contribution in [2.75, 3.05) is 0 Å². The van der Waals surface area contributed by atoms with Crippen LogP contribution < -0.4 is 0 Å². The molecular weight excluding hydrogens is 302 g/mol. The molecule has 2 aliphatic carbocycles. The Morgan fingerprint density at radius 1 is 1.28 bits per heavy atom.